The Hall–Kier alpha value is -3.42. The number of nitrogens with two attached hydrogens (primary N) is 1. The van der Waals surface area contributed by atoms with E-state index >= 15 is 0 Å². The van der Waals surface area contributed by atoms with Gasteiger partial charge in [-0.15, -0.1) is 0 Å². The van der Waals surface area contributed by atoms with Crippen LogP contribution in [0.2, 0.25) is 0 Å². The quantitative estimate of drug-likeness (QED) is 0.613. The molecule has 0 fully saturated rings. The Kier molecular flexibility index (Phi) is 7.74. The Bertz CT molecular complexity index is 1120. The van der Waals surface area contributed by atoms with Crippen molar-refractivity contribution in [3.8, 4) is 11.8 Å². The van der Waals surface area contributed by atoms with Crippen LogP contribution in [0.5, 0.6) is 5.75 Å². The van der Waals surface area contributed by atoms with Crippen molar-refractivity contribution < 1.29 is 27.5 Å². The number of hydrogen-bond acceptors (Lipinski definition) is 7. The minimum absolute atomic E-state index is 0.0207. The first-order valence-electron chi connectivity index (χ1n) is 9.20. The fourth-order valence-corrected chi connectivity index (χ4v) is 3.70. The number of nitriles is 1. The van der Waals surface area contributed by atoms with E-state index < -0.39 is 28.5 Å². The summed E-state index contributed by atoms with van der Waals surface area (Å²) in [6, 6.07) is 11.1. The Morgan fingerprint density at radius 2 is 1.77 bits per heavy atom. The third-order valence-electron chi connectivity index (χ3n) is 4.30. The highest BCUT2D eigenvalue weighted by Crippen LogP contribution is 2.24. The molecular weight excluding hydrogens is 422 g/mol. The van der Waals surface area contributed by atoms with Gasteiger partial charge in [-0.05, 0) is 55.3 Å². The van der Waals surface area contributed by atoms with Gasteiger partial charge in [0.15, 0.2) is 6.61 Å². The number of anilines is 1. The van der Waals surface area contributed by atoms with Crippen molar-refractivity contribution >= 4 is 27.6 Å². The van der Waals surface area contributed by atoms with Gasteiger partial charge in [-0.3, -0.25) is 4.79 Å². The summed E-state index contributed by atoms with van der Waals surface area (Å²) in [7, 11) is -2.87. The number of primary sulfonamides is 1. The Labute approximate surface area is 181 Å². The smallest absolute Gasteiger partial charge is 0.338 e. The second kappa shape index (κ2) is 10.1. The number of hydrogen-bond donors (Lipinski definition) is 1. The summed E-state index contributed by atoms with van der Waals surface area (Å²) in [6.07, 6.45) is 0.100. The number of nitrogens with zero attached hydrogens (tertiary/aromatic N) is 2. The highest BCUT2D eigenvalue weighted by Gasteiger charge is 2.21. The second-order valence-corrected chi connectivity index (χ2v) is 8.32. The summed E-state index contributed by atoms with van der Waals surface area (Å²) >= 11 is 0. The number of carbonyl (C=O) groups excluding carboxylic acids is 2. The fourth-order valence-electron chi connectivity index (χ4n) is 2.98. The number of ether oxygens (including phenoxy) is 2. The molecule has 0 saturated carbocycles. The molecule has 0 atom stereocenters. The van der Waals surface area contributed by atoms with E-state index in [0.29, 0.717) is 5.69 Å². The summed E-state index contributed by atoms with van der Waals surface area (Å²) < 4.78 is 33.5. The molecule has 0 saturated heterocycles. The molecule has 0 bridgehead atoms. The maximum Gasteiger partial charge on any atom is 0.338 e. The topological polar surface area (TPSA) is 140 Å². The van der Waals surface area contributed by atoms with E-state index in [1.165, 1.54) is 24.1 Å². The van der Waals surface area contributed by atoms with Crippen molar-refractivity contribution in [2.75, 3.05) is 25.2 Å². The molecule has 164 valence electrons. The molecule has 0 aromatic heterocycles. The van der Waals surface area contributed by atoms with Gasteiger partial charge in [0.2, 0.25) is 10.0 Å². The Morgan fingerprint density at radius 1 is 1.13 bits per heavy atom. The zero-order chi connectivity index (χ0) is 23.2. The number of methoxy groups -OCH3 is 1. The zero-order valence-electron chi connectivity index (χ0n) is 17.4. The SMILES string of the molecule is COc1ccc(C(=O)OCC(=O)N(CCC#N)c2cc(C)cc(C)c2)cc1S(N)(=O)=O. The highest BCUT2D eigenvalue weighted by atomic mass is 32.2. The van der Waals surface area contributed by atoms with Crippen LogP contribution in [0.4, 0.5) is 5.69 Å². The van der Waals surface area contributed by atoms with Crippen LogP contribution in [0.1, 0.15) is 27.9 Å². The molecule has 31 heavy (non-hydrogen) atoms. The number of esters is 1. The molecule has 0 aliphatic rings. The molecule has 2 aromatic carbocycles. The first-order chi connectivity index (χ1) is 14.6. The average molecular weight is 445 g/mol. The lowest BCUT2D eigenvalue weighted by Crippen LogP contribution is -2.35. The third kappa shape index (κ3) is 6.28. The van der Waals surface area contributed by atoms with Crippen LogP contribution in [0, 0.1) is 25.2 Å². The third-order valence-corrected chi connectivity index (χ3v) is 5.23. The summed E-state index contributed by atoms with van der Waals surface area (Å²) in [5.74, 6) is -1.44. The molecule has 1 amide bonds. The number of carbonyl (C=O) groups is 2. The molecule has 10 heteroatoms. The van der Waals surface area contributed by atoms with Crippen molar-refractivity contribution in [3.05, 3.63) is 53.1 Å². The van der Waals surface area contributed by atoms with Gasteiger partial charge in [0.25, 0.3) is 5.91 Å². The standard InChI is InChI=1S/C21H23N3O6S/c1-14-9-15(2)11-17(10-14)24(8-4-7-22)20(25)13-30-21(26)16-5-6-18(29-3)19(12-16)31(23,27)28/h5-6,9-12H,4,8,13H2,1-3H3,(H2,23,27,28). The zero-order valence-corrected chi connectivity index (χ0v) is 18.2. The molecule has 0 aliphatic carbocycles. The number of amides is 1. The number of benzene rings is 2. The number of sulfonamides is 1. The van der Waals surface area contributed by atoms with Crippen LogP contribution in [0.15, 0.2) is 41.3 Å². The summed E-state index contributed by atoms with van der Waals surface area (Å²) in [4.78, 5) is 26.1. The van der Waals surface area contributed by atoms with Gasteiger partial charge >= 0.3 is 5.97 Å². The van der Waals surface area contributed by atoms with E-state index in [1.54, 1.807) is 12.1 Å². The maximum absolute atomic E-state index is 12.7. The molecule has 0 radical (unpaired) electrons. The molecule has 2 aromatic rings. The van der Waals surface area contributed by atoms with Crippen molar-refractivity contribution in [1.82, 2.24) is 0 Å². The monoisotopic (exact) mass is 445 g/mol. The minimum atomic E-state index is -4.14. The fraction of sp³-hybridized carbons (Fsp3) is 0.286. The number of rotatable bonds is 8. The summed E-state index contributed by atoms with van der Waals surface area (Å²) in [5.41, 5.74) is 2.37. The predicted octanol–water partition coefficient (Wildman–Crippen LogP) is 2.06. The van der Waals surface area contributed by atoms with Crippen LogP contribution in [-0.2, 0) is 19.6 Å². The van der Waals surface area contributed by atoms with Crippen LogP contribution < -0.4 is 14.8 Å². The Morgan fingerprint density at radius 3 is 2.32 bits per heavy atom. The molecule has 0 heterocycles. The van der Waals surface area contributed by atoms with E-state index in [-0.39, 0.29) is 29.2 Å². The van der Waals surface area contributed by atoms with E-state index in [0.717, 1.165) is 17.2 Å². The van der Waals surface area contributed by atoms with Gasteiger partial charge < -0.3 is 14.4 Å². The minimum Gasteiger partial charge on any atom is -0.495 e. The average Bonchev–Trinajstić information content (AvgIpc) is 2.70. The summed E-state index contributed by atoms with van der Waals surface area (Å²) in [5, 5.41) is 14.1. The Balaban J connectivity index is 2.20. The van der Waals surface area contributed by atoms with Crippen LogP contribution in [0.3, 0.4) is 0 Å². The van der Waals surface area contributed by atoms with Crippen LogP contribution in [0.25, 0.3) is 0 Å². The first kappa shape index (κ1) is 23.9. The highest BCUT2D eigenvalue weighted by molar-refractivity contribution is 7.89. The lowest BCUT2D eigenvalue weighted by Gasteiger charge is -2.22. The van der Waals surface area contributed by atoms with Crippen molar-refractivity contribution in [1.29, 1.82) is 5.26 Å². The molecule has 2 rings (SSSR count). The van der Waals surface area contributed by atoms with E-state index in [2.05, 4.69) is 0 Å². The van der Waals surface area contributed by atoms with E-state index in [1.807, 2.05) is 26.0 Å². The normalized spacial score (nSPS) is 10.8. The van der Waals surface area contributed by atoms with E-state index in [4.69, 9.17) is 19.9 Å². The van der Waals surface area contributed by atoms with Gasteiger partial charge in [0.05, 0.1) is 25.2 Å². The molecule has 2 N–H and O–H groups in total. The van der Waals surface area contributed by atoms with Crippen LogP contribution in [-0.4, -0.2) is 40.6 Å². The molecule has 0 unspecified atom stereocenters. The molecular formula is C21H23N3O6S. The lowest BCUT2D eigenvalue weighted by atomic mass is 10.1. The van der Waals surface area contributed by atoms with E-state index in [9.17, 15) is 18.0 Å². The molecule has 0 aliphatic heterocycles. The van der Waals surface area contributed by atoms with Gasteiger partial charge in [-0.2, -0.15) is 5.26 Å². The molecule has 9 nitrogen and oxygen atoms in total. The predicted molar refractivity (Wildman–Crippen MR) is 113 cm³/mol. The second-order valence-electron chi connectivity index (χ2n) is 6.79. The van der Waals surface area contributed by atoms with Crippen molar-refractivity contribution in [2.24, 2.45) is 5.14 Å². The summed E-state index contributed by atoms with van der Waals surface area (Å²) in [6.45, 7) is 3.31. The van der Waals surface area contributed by atoms with Gasteiger partial charge in [-0.25, -0.2) is 18.4 Å². The maximum atomic E-state index is 12.7. The van der Waals surface area contributed by atoms with Gasteiger partial charge in [0, 0.05) is 12.2 Å². The lowest BCUT2D eigenvalue weighted by molar-refractivity contribution is -0.121. The van der Waals surface area contributed by atoms with Crippen molar-refractivity contribution in [2.45, 2.75) is 25.2 Å². The van der Waals surface area contributed by atoms with Crippen molar-refractivity contribution in [3.63, 3.8) is 0 Å². The largest absolute Gasteiger partial charge is 0.495 e. The van der Waals surface area contributed by atoms with Gasteiger partial charge in [-0.1, -0.05) is 6.07 Å². The van der Waals surface area contributed by atoms with Gasteiger partial charge in [0.1, 0.15) is 10.6 Å². The first-order valence-corrected chi connectivity index (χ1v) is 10.7. The van der Waals surface area contributed by atoms with Crippen LogP contribution >= 0.6 is 0 Å². The molecule has 0 spiro atoms. The number of aryl methyl sites for hydroxylation is 2.